The molecule has 0 unspecified atom stereocenters. The van der Waals surface area contributed by atoms with Gasteiger partial charge in [0.05, 0.1) is 13.7 Å². The maximum absolute atomic E-state index is 13.0. The Bertz CT molecular complexity index is 2000. The summed E-state index contributed by atoms with van der Waals surface area (Å²) in [6, 6.07) is 20.5. The van der Waals surface area contributed by atoms with Crippen LogP contribution in [-0.2, 0) is 11.3 Å². The monoisotopic (exact) mass is 675 g/mol. The number of nitrogens with zero attached hydrogens (tertiary/aromatic N) is 5. The molecule has 7 rings (SSSR count). The largest absolute Gasteiger partial charge is 0.497 e. The summed E-state index contributed by atoms with van der Waals surface area (Å²) in [6.07, 6.45) is 6.18. The first-order valence-corrected chi connectivity index (χ1v) is 16.9. The Morgan fingerprint density at radius 1 is 0.920 bits per heavy atom. The summed E-state index contributed by atoms with van der Waals surface area (Å²) in [5, 5.41) is 12.1. The van der Waals surface area contributed by atoms with E-state index in [-0.39, 0.29) is 18.0 Å². The summed E-state index contributed by atoms with van der Waals surface area (Å²) in [6.45, 7) is 7.10. The molecule has 0 spiro atoms. The van der Waals surface area contributed by atoms with Gasteiger partial charge in [0.1, 0.15) is 34.1 Å². The molecular formula is C38H41N7O5. The normalized spacial score (nSPS) is 15.9. The number of pyridine rings is 2. The molecule has 1 aliphatic carbocycles. The van der Waals surface area contributed by atoms with Crippen molar-refractivity contribution in [3.8, 4) is 17.2 Å². The van der Waals surface area contributed by atoms with E-state index in [1.807, 2.05) is 61.9 Å². The van der Waals surface area contributed by atoms with Gasteiger partial charge in [0.2, 0.25) is 0 Å². The van der Waals surface area contributed by atoms with Crippen molar-refractivity contribution >= 4 is 34.7 Å². The minimum Gasteiger partial charge on any atom is -0.497 e. The third-order valence-electron chi connectivity index (χ3n) is 8.69. The third-order valence-corrected chi connectivity index (χ3v) is 8.69. The average Bonchev–Trinajstić information content (AvgIpc) is 3.75. The van der Waals surface area contributed by atoms with Crippen molar-refractivity contribution in [3.63, 3.8) is 0 Å². The van der Waals surface area contributed by atoms with E-state index < -0.39 is 5.60 Å². The zero-order valence-corrected chi connectivity index (χ0v) is 28.7. The summed E-state index contributed by atoms with van der Waals surface area (Å²) in [5.74, 6) is 3.35. The van der Waals surface area contributed by atoms with E-state index >= 15 is 0 Å². The van der Waals surface area contributed by atoms with Gasteiger partial charge in [-0.25, -0.2) is 19.4 Å². The molecule has 1 atom stereocenters. The Morgan fingerprint density at radius 3 is 2.38 bits per heavy atom. The lowest BCUT2D eigenvalue weighted by molar-refractivity contribution is 0.0293. The van der Waals surface area contributed by atoms with E-state index in [0.717, 1.165) is 17.7 Å². The fraction of sp³-hybridized carbons (Fsp3) is 0.342. The number of methoxy groups -OCH3 is 1. The predicted molar refractivity (Wildman–Crippen MR) is 190 cm³/mol. The van der Waals surface area contributed by atoms with Gasteiger partial charge in [0.15, 0.2) is 11.5 Å². The number of amides is 2. The van der Waals surface area contributed by atoms with Gasteiger partial charge in [-0.05, 0) is 106 Å². The molecule has 2 fully saturated rings. The second kappa shape index (κ2) is 13.7. The number of likely N-dealkylation sites (tertiary alicyclic amines) is 1. The lowest BCUT2D eigenvalue weighted by Gasteiger charge is -2.24. The second-order valence-electron chi connectivity index (χ2n) is 13.7. The number of ether oxygens (including phenoxy) is 3. The molecule has 50 heavy (non-hydrogen) atoms. The van der Waals surface area contributed by atoms with Gasteiger partial charge in [-0.2, -0.15) is 5.10 Å². The number of hydrogen-bond donors (Lipinski definition) is 2. The van der Waals surface area contributed by atoms with Crippen LogP contribution >= 0.6 is 0 Å². The van der Waals surface area contributed by atoms with Crippen LogP contribution in [0.3, 0.4) is 0 Å². The molecule has 12 nitrogen and oxygen atoms in total. The summed E-state index contributed by atoms with van der Waals surface area (Å²) in [7, 11) is 1.64. The van der Waals surface area contributed by atoms with Crippen LogP contribution in [0.5, 0.6) is 17.2 Å². The fourth-order valence-electron chi connectivity index (χ4n) is 6.01. The van der Waals surface area contributed by atoms with Crippen LogP contribution in [0, 0.1) is 0 Å². The van der Waals surface area contributed by atoms with Crippen molar-refractivity contribution in [2.24, 2.45) is 0 Å². The van der Waals surface area contributed by atoms with Gasteiger partial charge in [-0.3, -0.25) is 4.79 Å². The lowest BCUT2D eigenvalue weighted by atomic mass is 10.1. The molecule has 12 heteroatoms. The van der Waals surface area contributed by atoms with Crippen LogP contribution in [0.1, 0.15) is 67.4 Å². The van der Waals surface area contributed by atoms with E-state index in [1.165, 1.54) is 18.4 Å². The van der Waals surface area contributed by atoms with Crippen molar-refractivity contribution in [2.75, 3.05) is 30.8 Å². The second-order valence-corrected chi connectivity index (χ2v) is 13.7. The number of nitrogens with one attached hydrogen (secondary N) is 2. The van der Waals surface area contributed by atoms with E-state index in [4.69, 9.17) is 24.3 Å². The summed E-state index contributed by atoms with van der Waals surface area (Å²) in [4.78, 5) is 36.5. The fourth-order valence-corrected chi connectivity index (χ4v) is 6.01. The number of carbonyl (C=O) groups excluding carboxylic acids is 2. The van der Waals surface area contributed by atoms with E-state index in [0.29, 0.717) is 65.3 Å². The van der Waals surface area contributed by atoms with Crippen LogP contribution in [-0.4, -0.2) is 68.5 Å². The first-order valence-electron chi connectivity index (χ1n) is 16.9. The van der Waals surface area contributed by atoms with Crippen LogP contribution in [0.25, 0.3) is 11.0 Å². The molecule has 1 saturated carbocycles. The van der Waals surface area contributed by atoms with Gasteiger partial charge < -0.3 is 29.7 Å². The molecule has 0 radical (unpaired) electrons. The van der Waals surface area contributed by atoms with Crippen LogP contribution in [0.2, 0.25) is 0 Å². The molecule has 4 heterocycles. The highest BCUT2D eigenvalue weighted by Crippen LogP contribution is 2.40. The zero-order chi connectivity index (χ0) is 34.8. The first-order chi connectivity index (χ1) is 24.1. The first kappa shape index (κ1) is 32.9. The van der Waals surface area contributed by atoms with Crippen molar-refractivity contribution in [2.45, 2.75) is 64.1 Å². The van der Waals surface area contributed by atoms with Crippen molar-refractivity contribution in [1.29, 1.82) is 0 Å². The van der Waals surface area contributed by atoms with E-state index in [9.17, 15) is 9.59 Å². The molecule has 0 bridgehead atoms. The van der Waals surface area contributed by atoms with E-state index in [2.05, 4.69) is 15.6 Å². The molecule has 2 N–H and O–H groups in total. The molecule has 3 aromatic heterocycles. The van der Waals surface area contributed by atoms with Gasteiger partial charge >= 0.3 is 6.09 Å². The minimum absolute atomic E-state index is 0.0552. The Kier molecular flexibility index (Phi) is 9.00. The Labute approximate surface area is 290 Å². The molecule has 258 valence electrons. The molecule has 2 aliphatic rings. The van der Waals surface area contributed by atoms with Gasteiger partial charge in [0.25, 0.3) is 5.91 Å². The number of rotatable bonds is 10. The quantitative estimate of drug-likeness (QED) is 0.157. The van der Waals surface area contributed by atoms with Crippen molar-refractivity contribution < 1.29 is 23.8 Å². The smallest absolute Gasteiger partial charge is 0.410 e. The topological polar surface area (TPSA) is 133 Å². The summed E-state index contributed by atoms with van der Waals surface area (Å²) in [5.41, 5.74) is 2.78. The standard InChI is InChI=1S/C38H41N7O5/c1-38(2,3)50-37(47)44-20-17-28(23-44)41-34-33-31(16-19-40-35(33)45(43-34)22-24-5-11-29(48-4)12-6-24)49-30-13-9-26(10-14-30)36(46)42-32-21-27(15-18-39-32)25-7-8-25/h5-6,9-16,18-19,21,25,28H,7-8,17,20,22-23H2,1-4H3,(H,41,43)(H,39,42,46)/t28-/m1/s1. The Hall–Kier alpha value is -5.65. The Balaban J connectivity index is 1.12. The van der Waals surface area contributed by atoms with Crippen molar-refractivity contribution in [1.82, 2.24) is 24.6 Å². The summed E-state index contributed by atoms with van der Waals surface area (Å²) >= 11 is 0. The highest BCUT2D eigenvalue weighted by molar-refractivity contribution is 6.03. The molecule has 1 saturated heterocycles. The van der Waals surface area contributed by atoms with Crippen molar-refractivity contribution in [3.05, 3.63) is 95.8 Å². The number of fused-ring (bicyclic) bond motifs is 1. The Morgan fingerprint density at radius 2 is 1.66 bits per heavy atom. The average molecular weight is 676 g/mol. The van der Waals surface area contributed by atoms with Crippen LogP contribution in [0.15, 0.2) is 79.1 Å². The number of benzene rings is 2. The number of anilines is 2. The van der Waals surface area contributed by atoms with E-state index in [1.54, 1.807) is 54.7 Å². The minimum atomic E-state index is -0.572. The molecule has 2 aromatic carbocycles. The number of aromatic nitrogens is 4. The maximum atomic E-state index is 13.0. The third kappa shape index (κ3) is 7.64. The lowest BCUT2D eigenvalue weighted by Crippen LogP contribution is -2.36. The predicted octanol–water partition coefficient (Wildman–Crippen LogP) is 7.23. The van der Waals surface area contributed by atoms with Gasteiger partial charge in [0, 0.05) is 43.2 Å². The molecule has 1 aliphatic heterocycles. The summed E-state index contributed by atoms with van der Waals surface area (Å²) < 4.78 is 19.2. The number of hydrogen-bond acceptors (Lipinski definition) is 9. The zero-order valence-electron chi connectivity index (χ0n) is 28.7. The van der Waals surface area contributed by atoms with Gasteiger partial charge in [-0.15, -0.1) is 0 Å². The molecule has 5 aromatic rings. The highest BCUT2D eigenvalue weighted by atomic mass is 16.6. The molecular weight excluding hydrogens is 634 g/mol. The number of carbonyl (C=O) groups is 2. The SMILES string of the molecule is COc1ccc(Cn2nc(N[C@@H]3CCN(C(=O)OC(C)(C)C)C3)c3c(Oc4ccc(C(=O)Nc5cc(C6CC6)ccn5)cc4)ccnc32)cc1. The highest BCUT2D eigenvalue weighted by Gasteiger charge is 2.31. The van der Waals surface area contributed by atoms with Crippen LogP contribution in [0.4, 0.5) is 16.4 Å². The van der Waals surface area contributed by atoms with Crippen LogP contribution < -0.4 is 20.1 Å². The maximum Gasteiger partial charge on any atom is 0.410 e. The molecule has 2 amide bonds. The van der Waals surface area contributed by atoms with Gasteiger partial charge in [-0.1, -0.05) is 12.1 Å².